The highest BCUT2D eigenvalue weighted by atomic mass is 16.6. The first-order chi connectivity index (χ1) is 10.8. The van der Waals surface area contributed by atoms with Crippen LogP contribution < -0.4 is 16.8 Å². The largest absolute Gasteiger partial charge is 0.478 e. The van der Waals surface area contributed by atoms with Gasteiger partial charge in [0.05, 0.1) is 6.04 Å². The predicted molar refractivity (Wildman–Crippen MR) is 82.6 cm³/mol. The number of ether oxygens (including phenoxy) is 1. The summed E-state index contributed by atoms with van der Waals surface area (Å²) in [6.45, 7) is 4.24. The number of hydrogen-bond acceptors (Lipinski definition) is 7. The van der Waals surface area contributed by atoms with Gasteiger partial charge < -0.3 is 31.7 Å². The fourth-order valence-corrected chi connectivity index (χ4v) is 1.72. The molecule has 0 radical (unpaired) electrons. The molecule has 1 unspecified atom stereocenters. The van der Waals surface area contributed by atoms with E-state index in [-0.39, 0.29) is 12.8 Å². The van der Waals surface area contributed by atoms with Crippen LogP contribution in [0.2, 0.25) is 0 Å². The van der Waals surface area contributed by atoms with Gasteiger partial charge in [-0.15, -0.1) is 0 Å². The zero-order valence-electron chi connectivity index (χ0n) is 13.7. The van der Waals surface area contributed by atoms with Gasteiger partial charge in [0.1, 0.15) is 5.60 Å². The van der Waals surface area contributed by atoms with E-state index in [1.807, 2.05) is 0 Å². The van der Waals surface area contributed by atoms with Gasteiger partial charge in [-0.1, -0.05) is 0 Å². The monoisotopic (exact) mass is 349 g/mol. The number of carboxylic acids is 1. The first-order valence-corrected chi connectivity index (χ1v) is 6.96. The summed E-state index contributed by atoms with van der Waals surface area (Å²) in [4.78, 5) is 36.2. The summed E-state index contributed by atoms with van der Waals surface area (Å²) in [5, 5.41) is 32.0. The molecule has 138 valence electrons. The minimum absolute atomic E-state index is 0.136. The molecule has 12 heteroatoms. The zero-order chi connectivity index (χ0) is 19.1. The smallest absolute Gasteiger partial charge is 0.408 e. The lowest BCUT2D eigenvalue weighted by Gasteiger charge is -2.30. The third kappa shape index (κ3) is 7.58. The number of aliphatic carboxylic acids is 1. The van der Waals surface area contributed by atoms with Gasteiger partial charge in [-0.3, -0.25) is 10.1 Å². The molecule has 0 aromatic rings. The second-order valence-electron chi connectivity index (χ2n) is 5.97. The van der Waals surface area contributed by atoms with Crippen molar-refractivity contribution in [2.45, 2.75) is 51.0 Å². The van der Waals surface area contributed by atoms with E-state index in [1.54, 1.807) is 20.8 Å². The third-order valence-electron chi connectivity index (χ3n) is 2.62. The first kappa shape index (κ1) is 21.4. The summed E-state index contributed by atoms with van der Waals surface area (Å²) in [6, 6.07) is -1.55. The van der Waals surface area contributed by atoms with Crippen molar-refractivity contribution in [3.63, 3.8) is 0 Å². The van der Waals surface area contributed by atoms with E-state index in [0.29, 0.717) is 0 Å². The number of aliphatic imine (C=N–C) groups is 1. The molecule has 0 fully saturated rings. The van der Waals surface area contributed by atoms with E-state index in [4.69, 9.17) is 16.2 Å². The van der Waals surface area contributed by atoms with E-state index in [0.717, 1.165) is 0 Å². The SMILES string of the molecule is CC(C)(C)OC(=O)N[C@@H](CCC[N+](=O)[O-])C(O)(N=C(N)N)C(=O)O. The van der Waals surface area contributed by atoms with Crippen LogP contribution >= 0.6 is 0 Å². The Morgan fingerprint density at radius 3 is 2.29 bits per heavy atom. The summed E-state index contributed by atoms with van der Waals surface area (Å²) in [5.41, 5.74) is 6.45. The minimum Gasteiger partial charge on any atom is -0.478 e. The topological polar surface area (TPSA) is 203 Å². The second kappa shape index (κ2) is 8.29. The number of carboxylic acid groups (broad SMARTS) is 1. The number of nitrogens with one attached hydrogen (secondary N) is 1. The molecule has 2 atom stereocenters. The molecule has 1 amide bonds. The summed E-state index contributed by atoms with van der Waals surface area (Å²) in [6.07, 6.45) is -1.44. The Kier molecular flexibility index (Phi) is 7.38. The van der Waals surface area contributed by atoms with Crippen LogP contribution in [-0.2, 0) is 9.53 Å². The molecule has 0 aliphatic carbocycles. The number of rotatable bonds is 8. The maximum Gasteiger partial charge on any atom is 0.408 e. The molecule has 7 N–H and O–H groups in total. The molecular weight excluding hydrogens is 326 g/mol. The number of aliphatic hydroxyl groups is 1. The Bertz CT molecular complexity index is 512. The van der Waals surface area contributed by atoms with Gasteiger partial charge in [0.15, 0.2) is 5.96 Å². The number of carbonyl (C=O) groups is 2. The molecule has 12 nitrogen and oxygen atoms in total. The second-order valence-corrected chi connectivity index (χ2v) is 5.97. The highest BCUT2D eigenvalue weighted by molar-refractivity contribution is 5.85. The molecule has 0 saturated carbocycles. The number of carbonyl (C=O) groups excluding carboxylic acids is 1. The van der Waals surface area contributed by atoms with Gasteiger partial charge in [-0.2, -0.15) is 0 Å². The molecule has 0 aliphatic rings. The Hall–Kier alpha value is -2.63. The van der Waals surface area contributed by atoms with E-state index in [1.165, 1.54) is 0 Å². The maximum atomic E-state index is 11.8. The maximum absolute atomic E-state index is 11.8. The zero-order valence-corrected chi connectivity index (χ0v) is 13.7. The molecule has 0 spiro atoms. The van der Waals surface area contributed by atoms with Crippen molar-refractivity contribution in [1.29, 1.82) is 0 Å². The van der Waals surface area contributed by atoms with Crippen molar-refractivity contribution < 1.29 is 29.5 Å². The molecule has 0 aromatic carbocycles. The lowest BCUT2D eigenvalue weighted by atomic mass is 9.99. The van der Waals surface area contributed by atoms with E-state index in [9.17, 15) is 29.9 Å². The molecule has 0 aromatic heterocycles. The Labute approximate surface area is 138 Å². The number of guanidine groups is 1. The van der Waals surface area contributed by atoms with Crippen LogP contribution in [0.1, 0.15) is 33.6 Å². The van der Waals surface area contributed by atoms with E-state index in [2.05, 4.69) is 10.3 Å². The minimum atomic E-state index is -2.90. The summed E-state index contributed by atoms with van der Waals surface area (Å²) < 4.78 is 4.98. The molecule has 0 heterocycles. The summed E-state index contributed by atoms with van der Waals surface area (Å²) >= 11 is 0. The van der Waals surface area contributed by atoms with Crippen LogP contribution in [0, 0.1) is 10.1 Å². The highest BCUT2D eigenvalue weighted by Gasteiger charge is 2.46. The lowest BCUT2D eigenvalue weighted by Crippen LogP contribution is -2.58. The average Bonchev–Trinajstić information content (AvgIpc) is 2.33. The third-order valence-corrected chi connectivity index (χ3v) is 2.62. The van der Waals surface area contributed by atoms with Crippen molar-refractivity contribution in [3.05, 3.63) is 10.1 Å². The fraction of sp³-hybridized carbons (Fsp3) is 0.750. The molecule has 0 aliphatic heterocycles. The van der Waals surface area contributed by atoms with Crippen LogP contribution in [-0.4, -0.2) is 57.1 Å². The van der Waals surface area contributed by atoms with Crippen LogP contribution in [0.15, 0.2) is 4.99 Å². The molecule has 0 rings (SSSR count). The van der Waals surface area contributed by atoms with Crippen molar-refractivity contribution in [2.24, 2.45) is 16.5 Å². The summed E-state index contributed by atoms with van der Waals surface area (Å²) in [7, 11) is 0. The normalized spacial score (nSPS) is 14.8. The molecular formula is C12H23N5O7. The average molecular weight is 349 g/mol. The standard InChI is InChI=1S/C12H23N5O7/c1-11(2,3)24-10(20)15-7(5-4-6-17(22)23)12(21,8(18)19)16-9(13)14/h7,21H,4-6H2,1-3H3,(H,15,20)(H,18,19)(H4,13,14,16)/t7-,12?/m0/s1. The van der Waals surface area contributed by atoms with Crippen LogP contribution in [0.3, 0.4) is 0 Å². The quantitative estimate of drug-likeness (QED) is 0.157. The van der Waals surface area contributed by atoms with Crippen molar-refractivity contribution in [1.82, 2.24) is 5.32 Å². The molecule has 0 bridgehead atoms. The molecule has 24 heavy (non-hydrogen) atoms. The van der Waals surface area contributed by atoms with E-state index < -0.39 is 46.9 Å². The van der Waals surface area contributed by atoms with Gasteiger partial charge in [-0.25, -0.2) is 14.6 Å². The molecule has 0 saturated heterocycles. The fourth-order valence-electron chi connectivity index (χ4n) is 1.72. The van der Waals surface area contributed by atoms with Crippen LogP contribution in [0.4, 0.5) is 4.79 Å². The lowest BCUT2D eigenvalue weighted by molar-refractivity contribution is -0.480. The number of hydrogen-bond donors (Lipinski definition) is 5. The van der Waals surface area contributed by atoms with Gasteiger partial charge >= 0.3 is 12.1 Å². The highest BCUT2D eigenvalue weighted by Crippen LogP contribution is 2.19. The van der Waals surface area contributed by atoms with Crippen LogP contribution in [0.25, 0.3) is 0 Å². The van der Waals surface area contributed by atoms with Gasteiger partial charge in [0, 0.05) is 11.3 Å². The van der Waals surface area contributed by atoms with Crippen LogP contribution in [0.5, 0.6) is 0 Å². The predicted octanol–water partition coefficient (Wildman–Crippen LogP) is -1.02. The summed E-state index contributed by atoms with van der Waals surface area (Å²) in [5.74, 6) is -2.57. The van der Waals surface area contributed by atoms with E-state index >= 15 is 0 Å². The van der Waals surface area contributed by atoms with Gasteiger partial charge in [0.2, 0.25) is 6.54 Å². The Morgan fingerprint density at radius 1 is 1.38 bits per heavy atom. The number of amides is 1. The number of nitrogens with two attached hydrogens (primary N) is 2. The number of alkyl carbamates (subject to hydrolysis) is 1. The number of nitrogens with zero attached hydrogens (tertiary/aromatic N) is 2. The Morgan fingerprint density at radius 2 is 1.92 bits per heavy atom. The van der Waals surface area contributed by atoms with Crippen molar-refractivity contribution >= 4 is 18.0 Å². The van der Waals surface area contributed by atoms with Crippen molar-refractivity contribution in [2.75, 3.05) is 6.54 Å². The van der Waals surface area contributed by atoms with Gasteiger partial charge in [-0.05, 0) is 27.2 Å². The Balaban J connectivity index is 5.42. The van der Waals surface area contributed by atoms with Gasteiger partial charge in [0.25, 0.3) is 5.72 Å². The number of nitro groups is 1. The van der Waals surface area contributed by atoms with Crippen molar-refractivity contribution in [3.8, 4) is 0 Å². The first-order valence-electron chi connectivity index (χ1n) is 6.96.